The summed E-state index contributed by atoms with van der Waals surface area (Å²) in [5.41, 5.74) is 0.817. The van der Waals surface area contributed by atoms with Crippen molar-refractivity contribution in [1.29, 1.82) is 0 Å². The fourth-order valence-electron chi connectivity index (χ4n) is 2.83. The number of hydrogen-bond donors (Lipinski definition) is 0. The molecular formula is C18H24N4O5. The number of carbonyl (C=O) groups excluding carboxylic acids is 2. The van der Waals surface area contributed by atoms with Crippen molar-refractivity contribution < 1.29 is 23.8 Å². The van der Waals surface area contributed by atoms with Crippen LogP contribution in [0, 0.1) is 0 Å². The van der Waals surface area contributed by atoms with Crippen LogP contribution in [0.4, 0.5) is 4.79 Å². The molecule has 146 valence electrons. The molecule has 9 heteroatoms. The Hall–Kier alpha value is -2.68. The van der Waals surface area contributed by atoms with Crippen molar-refractivity contribution in [2.24, 2.45) is 0 Å². The van der Waals surface area contributed by atoms with Crippen molar-refractivity contribution in [3.05, 3.63) is 29.7 Å². The first-order valence-corrected chi connectivity index (χ1v) is 8.89. The summed E-state index contributed by atoms with van der Waals surface area (Å²) in [7, 11) is 0. The summed E-state index contributed by atoms with van der Waals surface area (Å²) in [6.45, 7) is 8.65. The van der Waals surface area contributed by atoms with Crippen molar-refractivity contribution in [3.63, 3.8) is 0 Å². The molecule has 0 radical (unpaired) electrons. The first-order chi connectivity index (χ1) is 12.8. The second kappa shape index (κ2) is 7.51. The summed E-state index contributed by atoms with van der Waals surface area (Å²) >= 11 is 0. The van der Waals surface area contributed by atoms with Crippen LogP contribution in [0.2, 0.25) is 0 Å². The second-order valence-electron chi connectivity index (χ2n) is 7.17. The number of rotatable bonds is 3. The normalized spacial score (nSPS) is 17.8. The molecular weight excluding hydrogens is 352 g/mol. The van der Waals surface area contributed by atoms with Gasteiger partial charge in [0.05, 0.1) is 31.6 Å². The van der Waals surface area contributed by atoms with E-state index in [4.69, 9.17) is 14.2 Å². The Morgan fingerprint density at radius 2 is 2.15 bits per heavy atom. The Bertz CT molecular complexity index is 842. The fourth-order valence-corrected chi connectivity index (χ4v) is 2.83. The van der Waals surface area contributed by atoms with E-state index in [1.165, 1.54) is 6.20 Å². The summed E-state index contributed by atoms with van der Waals surface area (Å²) in [4.78, 5) is 30.3. The third kappa shape index (κ3) is 4.19. The minimum atomic E-state index is -0.564. The lowest BCUT2D eigenvalue weighted by molar-refractivity contribution is -0.0454. The molecule has 0 bridgehead atoms. The molecule has 2 aromatic heterocycles. The quantitative estimate of drug-likeness (QED) is 0.758. The highest BCUT2D eigenvalue weighted by atomic mass is 16.6. The third-order valence-electron chi connectivity index (χ3n) is 3.97. The van der Waals surface area contributed by atoms with E-state index in [2.05, 4.69) is 10.1 Å². The molecule has 27 heavy (non-hydrogen) atoms. The van der Waals surface area contributed by atoms with Crippen molar-refractivity contribution in [2.75, 3.05) is 26.3 Å². The molecule has 9 nitrogen and oxygen atoms in total. The van der Waals surface area contributed by atoms with Gasteiger partial charge in [-0.25, -0.2) is 19.1 Å². The lowest BCUT2D eigenvalue weighted by Crippen LogP contribution is -2.45. The van der Waals surface area contributed by atoms with Crippen LogP contribution < -0.4 is 0 Å². The minimum absolute atomic E-state index is 0.270. The van der Waals surface area contributed by atoms with Crippen LogP contribution >= 0.6 is 0 Å². The Balaban J connectivity index is 1.84. The molecule has 1 saturated heterocycles. The SMILES string of the molecule is CCOC(=O)c1cnn2c(C3CN(C(=O)OC(C)(C)C)CCO3)ccnc12. The number of aromatic nitrogens is 3. The minimum Gasteiger partial charge on any atom is -0.462 e. The number of hydrogen-bond acceptors (Lipinski definition) is 7. The summed E-state index contributed by atoms with van der Waals surface area (Å²) in [6, 6.07) is 1.76. The Morgan fingerprint density at radius 3 is 2.85 bits per heavy atom. The van der Waals surface area contributed by atoms with Gasteiger partial charge < -0.3 is 19.1 Å². The zero-order chi connectivity index (χ0) is 19.6. The van der Waals surface area contributed by atoms with Crippen molar-refractivity contribution in [3.8, 4) is 0 Å². The molecule has 1 aliphatic rings. The molecule has 2 aromatic rings. The molecule has 1 amide bonds. The molecule has 0 saturated carbocycles. The van der Waals surface area contributed by atoms with Crippen LogP contribution in [0.1, 0.15) is 49.9 Å². The zero-order valence-electron chi connectivity index (χ0n) is 16.0. The van der Waals surface area contributed by atoms with Gasteiger partial charge in [-0.2, -0.15) is 5.10 Å². The van der Waals surface area contributed by atoms with Gasteiger partial charge in [-0.3, -0.25) is 0 Å². The second-order valence-corrected chi connectivity index (χ2v) is 7.17. The topological polar surface area (TPSA) is 95.3 Å². The predicted molar refractivity (Wildman–Crippen MR) is 95.4 cm³/mol. The number of fused-ring (bicyclic) bond motifs is 1. The average Bonchev–Trinajstić information content (AvgIpc) is 3.05. The Labute approximate surface area is 157 Å². The van der Waals surface area contributed by atoms with Crippen molar-refractivity contribution in [1.82, 2.24) is 19.5 Å². The summed E-state index contributed by atoms with van der Waals surface area (Å²) in [5.74, 6) is -0.475. The Kier molecular flexibility index (Phi) is 5.31. The number of esters is 1. The Morgan fingerprint density at radius 1 is 1.37 bits per heavy atom. The number of morpholine rings is 1. The predicted octanol–water partition coefficient (Wildman–Crippen LogP) is 2.21. The van der Waals surface area contributed by atoms with E-state index in [1.54, 1.807) is 28.6 Å². The van der Waals surface area contributed by atoms with Gasteiger partial charge in [-0.15, -0.1) is 0 Å². The van der Waals surface area contributed by atoms with Gasteiger partial charge in [0.1, 0.15) is 17.3 Å². The van der Waals surface area contributed by atoms with Gasteiger partial charge in [0, 0.05) is 12.7 Å². The van der Waals surface area contributed by atoms with Crippen LogP contribution in [-0.2, 0) is 14.2 Å². The largest absolute Gasteiger partial charge is 0.462 e. The molecule has 0 N–H and O–H groups in total. The fraction of sp³-hybridized carbons (Fsp3) is 0.556. The van der Waals surface area contributed by atoms with Crippen LogP contribution in [-0.4, -0.2) is 63.5 Å². The molecule has 0 aromatic carbocycles. The molecule has 0 spiro atoms. The standard InChI is InChI=1S/C18H24N4O5/c1-5-25-16(23)12-10-20-22-13(6-7-19-15(12)22)14-11-21(8-9-26-14)17(24)27-18(2,3)4/h6-7,10,14H,5,8-9,11H2,1-4H3. The molecule has 0 aliphatic carbocycles. The number of amides is 1. The van der Waals surface area contributed by atoms with Gasteiger partial charge in [0.15, 0.2) is 5.65 Å². The molecule has 1 atom stereocenters. The monoisotopic (exact) mass is 376 g/mol. The zero-order valence-corrected chi connectivity index (χ0v) is 16.0. The third-order valence-corrected chi connectivity index (χ3v) is 3.97. The number of ether oxygens (including phenoxy) is 3. The smallest absolute Gasteiger partial charge is 0.410 e. The van der Waals surface area contributed by atoms with Crippen LogP contribution in [0.3, 0.4) is 0 Å². The van der Waals surface area contributed by atoms with Gasteiger partial charge in [0.2, 0.25) is 0 Å². The number of nitrogens with zero attached hydrogens (tertiary/aromatic N) is 4. The van der Waals surface area contributed by atoms with E-state index in [-0.39, 0.29) is 12.7 Å². The van der Waals surface area contributed by atoms with Crippen LogP contribution in [0.5, 0.6) is 0 Å². The van der Waals surface area contributed by atoms with Crippen molar-refractivity contribution >= 4 is 17.7 Å². The highest BCUT2D eigenvalue weighted by Crippen LogP contribution is 2.24. The maximum absolute atomic E-state index is 12.4. The number of carbonyl (C=O) groups is 2. The van der Waals surface area contributed by atoms with Gasteiger partial charge in [0.25, 0.3) is 0 Å². The maximum Gasteiger partial charge on any atom is 0.410 e. The molecule has 1 fully saturated rings. The van der Waals surface area contributed by atoms with Crippen molar-refractivity contribution in [2.45, 2.75) is 39.4 Å². The lowest BCUT2D eigenvalue weighted by Gasteiger charge is -2.34. The van der Waals surface area contributed by atoms with E-state index < -0.39 is 17.7 Å². The van der Waals surface area contributed by atoms with Crippen LogP contribution in [0.25, 0.3) is 5.65 Å². The first kappa shape index (κ1) is 19.1. The summed E-state index contributed by atoms with van der Waals surface area (Å²) < 4.78 is 17.9. The summed E-state index contributed by atoms with van der Waals surface area (Å²) in [6.07, 6.45) is 2.23. The average molecular weight is 376 g/mol. The summed E-state index contributed by atoms with van der Waals surface area (Å²) in [5, 5.41) is 4.27. The first-order valence-electron chi connectivity index (χ1n) is 8.89. The maximum atomic E-state index is 12.4. The molecule has 1 unspecified atom stereocenters. The molecule has 3 heterocycles. The van der Waals surface area contributed by atoms with E-state index in [0.717, 1.165) is 0 Å². The lowest BCUT2D eigenvalue weighted by atomic mass is 10.2. The van der Waals surface area contributed by atoms with Crippen LogP contribution in [0.15, 0.2) is 18.5 Å². The van der Waals surface area contributed by atoms with Gasteiger partial charge >= 0.3 is 12.1 Å². The van der Waals surface area contributed by atoms with E-state index in [1.807, 2.05) is 20.8 Å². The van der Waals surface area contributed by atoms with E-state index in [0.29, 0.717) is 36.6 Å². The molecule has 3 rings (SSSR count). The molecule has 1 aliphatic heterocycles. The highest BCUT2D eigenvalue weighted by Gasteiger charge is 2.30. The van der Waals surface area contributed by atoms with E-state index in [9.17, 15) is 9.59 Å². The van der Waals surface area contributed by atoms with Gasteiger partial charge in [-0.1, -0.05) is 0 Å². The highest BCUT2D eigenvalue weighted by molar-refractivity contribution is 5.95. The van der Waals surface area contributed by atoms with E-state index >= 15 is 0 Å². The van der Waals surface area contributed by atoms with Gasteiger partial charge in [-0.05, 0) is 33.8 Å².